The lowest BCUT2D eigenvalue weighted by Crippen LogP contribution is -2.28. The number of ketones is 1. The van der Waals surface area contributed by atoms with Gasteiger partial charge in [-0.15, -0.1) is 11.6 Å². The first-order valence-electron chi connectivity index (χ1n) is 7.01. The number of Topliss-reactive ketones (excluding diaryl/α,β-unsaturated/α-hetero) is 1. The van der Waals surface area contributed by atoms with Gasteiger partial charge in [-0.05, 0) is 30.5 Å². The Kier molecular flexibility index (Phi) is 5.55. The Morgan fingerprint density at radius 3 is 2.14 bits per heavy atom. The topological polar surface area (TPSA) is 17.1 Å². The zero-order valence-corrected chi connectivity index (χ0v) is 14.7. The molecular formula is C18H17Cl3O. The van der Waals surface area contributed by atoms with Crippen molar-refractivity contribution in [1.29, 1.82) is 0 Å². The highest BCUT2D eigenvalue weighted by atomic mass is 35.5. The van der Waals surface area contributed by atoms with Crippen LogP contribution in [0.3, 0.4) is 0 Å². The van der Waals surface area contributed by atoms with Crippen LogP contribution in [0.1, 0.15) is 38.8 Å². The highest BCUT2D eigenvalue weighted by molar-refractivity contribution is 6.60. The Bertz CT molecular complexity index is 680. The van der Waals surface area contributed by atoms with Gasteiger partial charge in [-0.25, -0.2) is 0 Å². The van der Waals surface area contributed by atoms with E-state index in [1.165, 1.54) is 0 Å². The molecule has 0 heterocycles. The lowest BCUT2D eigenvalue weighted by Gasteiger charge is -2.23. The largest absolute Gasteiger partial charge is 0.291 e. The SMILES string of the molecule is Cc1ccccc1C(=O)C(Cl)(Cl)CC(Cl)c1ccccc1C. The van der Waals surface area contributed by atoms with E-state index in [0.29, 0.717) is 5.56 Å². The Morgan fingerprint density at radius 2 is 1.55 bits per heavy atom. The van der Waals surface area contributed by atoms with Crippen molar-refractivity contribution in [3.8, 4) is 0 Å². The van der Waals surface area contributed by atoms with Crippen molar-refractivity contribution in [1.82, 2.24) is 0 Å². The summed E-state index contributed by atoms with van der Waals surface area (Å²) in [5, 5.41) is -0.427. The standard InChI is InChI=1S/C18H17Cl3O/c1-12-7-3-5-9-14(12)16(19)11-18(20,21)17(22)15-10-6-4-8-13(15)2/h3-10,16H,11H2,1-2H3. The molecule has 1 nitrogen and oxygen atoms in total. The van der Waals surface area contributed by atoms with Gasteiger partial charge >= 0.3 is 0 Å². The molecule has 0 aliphatic carbocycles. The molecule has 0 saturated carbocycles. The van der Waals surface area contributed by atoms with Crippen molar-refractivity contribution in [2.45, 2.75) is 30.0 Å². The van der Waals surface area contributed by atoms with Gasteiger partial charge in [-0.2, -0.15) is 0 Å². The van der Waals surface area contributed by atoms with E-state index in [1.54, 1.807) is 12.1 Å². The molecule has 2 aromatic rings. The average molecular weight is 356 g/mol. The van der Waals surface area contributed by atoms with Crippen LogP contribution >= 0.6 is 34.8 Å². The summed E-state index contributed by atoms with van der Waals surface area (Å²) in [6.07, 6.45) is 0.148. The summed E-state index contributed by atoms with van der Waals surface area (Å²) in [6, 6.07) is 15.0. The van der Waals surface area contributed by atoms with Crippen LogP contribution in [-0.4, -0.2) is 10.1 Å². The summed E-state index contributed by atoms with van der Waals surface area (Å²) >= 11 is 19.1. The summed E-state index contributed by atoms with van der Waals surface area (Å²) in [5.41, 5.74) is 3.36. The van der Waals surface area contributed by atoms with Gasteiger partial charge in [0.05, 0.1) is 5.38 Å². The van der Waals surface area contributed by atoms with E-state index < -0.39 is 9.71 Å². The second kappa shape index (κ2) is 7.04. The highest BCUT2D eigenvalue weighted by Gasteiger charge is 2.37. The van der Waals surface area contributed by atoms with Gasteiger partial charge in [0.2, 0.25) is 0 Å². The van der Waals surface area contributed by atoms with Gasteiger partial charge in [-0.3, -0.25) is 4.79 Å². The van der Waals surface area contributed by atoms with Gasteiger partial charge in [0.1, 0.15) is 0 Å². The molecule has 0 fully saturated rings. The molecule has 0 aliphatic rings. The van der Waals surface area contributed by atoms with Crippen LogP contribution in [0.5, 0.6) is 0 Å². The van der Waals surface area contributed by atoms with Crippen molar-refractivity contribution >= 4 is 40.6 Å². The van der Waals surface area contributed by atoms with E-state index in [1.807, 2.05) is 50.2 Å². The molecule has 1 atom stereocenters. The van der Waals surface area contributed by atoms with E-state index in [2.05, 4.69) is 0 Å². The number of hydrogen-bond acceptors (Lipinski definition) is 1. The Labute approximate surface area is 146 Å². The molecule has 0 N–H and O–H groups in total. The minimum Gasteiger partial charge on any atom is -0.291 e. The van der Waals surface area contributed by atoms with Crippen LogP contribution in [0.25, 0.3) is 0 Å². The second-order valence-electron chi connectivity index (χ2n) is 5.38. The Morgan fingerprint density at radius 1 is 1.00 bits per heavy atom. The number of benzene rings is 2. The van der Waals surface area contributed by atoms with Crippen LogP contribution in [0.2, 0.25) is 0 Å². The molecular weight excluding hydrogens is 339 g/mol. The van der Waals surface area contributed by atoms with E-state index in [0.717, 1.165) is 16.7 Å². The van der Waals surface area contributed by atoms with Gasteiger partial charge in [0, 0.05) is 12.0 Å². The quantitative estimate of drug-likeness (QED) is 0.472. The fourth-order valence-electron chi connectivity index (χ4n) is 2.39. The maximum atomic E-state index is 12.6. The summed E-state index contributed by atoms with van der Waals surface area (Å²) in [4.78, 5) is 12.6. The number of aryl methyl sites for hydroxylation is 2. The van der Waals surface area contributed by atoms with Gasteiger partial charge in [-0.1, -0.05) is 71.7 Å². The van der Waals surface area contributed by atoms with Crippen LogP contribution in [0, 0.1) is 13.8 Å². The van der Waals surface area contributed by atoms with Crippen LogP contribution in [0.4, 0.5) is 0 Å². The van der Waals surface area contributed by atoms with Gasteiger partial charge < -0.3 is 0 Å². The molecule has 0 spiro atoms. The number of hydrogen-bond donors (Lipinski definition) is 0. The van der Waals surface area contributed by atoms with E-state index in [-0.39, 0.29) is 12.2 Å². The monoisotopic (exact) mass is 354 g/mol. The predicted molar refractivity (Wildman–Crippen MR) is 94.3 cm³/mol. The minimum atomic E-state index is -1.55. The maximum Gasteiger partial charge on any atom is 0.199 e. The van der Waals surface area contributed by atoms with Crippen molar-refractivity contribution in [2.75, 3.05) is 0 Å². The van der Waals surface area contributed by atoms with Crippen LogP contribution in [-0.2, 0) is 0 Å². The molecule has 2 rings (SSSR count). The van der Waals surface area contributed by atoms with E-state index in [9.17, 15) is 4.79 Å². The summed E-state index contributed by atoms with van der Waals surface area (Å²) in [6.45, 7) is 3.83. The molecule has 1 unspecified atom stereocenters. The zero-order valence-electron chi connectivity index (χ0n) is 12.4. The van der Waals surface area contributed by atoms with Crippen LogP contribution in [0.15, 0.2) is 48.5 Å². The smallest absolute Gasteiger partial charge is 0.199 e. The van der Waals surface area contributed by atoms with Gasteiger partial charge in [0.25, 0.3) is 0 Å². The molecule has 0 amide bonds. The number of alkyl halides is 3. The summed E-state index contributed by atoms with van der Waals surface area (Å²) < 4.78 is -1.55. The van der Waals surface area contributed by atoms with E-state index in [4.69, 9.17) is 34.8 Å². The first-order valence-corrected chi connectivity index (χ1v) is 8.20. The third-order valence-corrected chi connectivity index (χ3v) is 4.72. The maximum absolute atomic E-state index is 12.6. The Balaban J connectivity index is 2.22. The first kappa shape index (κ1) is 17.3. The lowest BCUT2D eigenvalue weighted by atomic mass is 9.97. The van der Waals surface area contributed by atoms with Crippen LogP contribution < -0.4 is 0 Å². The van der Waals surface area contributed by atoms with Crippen molar-refractivity contribution < 1.29 is 4.79 Å². The molecule has 0 radical (unpaired) electrons. The van der Waals surface area contributed by atoms with E-state index >= 15 is 0 Å². The molecule has 0 bridgehead atoms. The predicted octanol–water partition coefficient (Wildman–Crippen LogP) is 6.03. The molecule has 22 heavy (non-hydrogen) atoms. The molecule has 2 aromatic carbocycles. The van der Waals surface area contributed by atoms with Crippen molar-refractivity contribution in [3.05, 3.63) is 70.8 Å². The van der Waals surface area contributed by atoms with Gasteiger partial charge in [0.15, 0.2) is 10.1 Å². The first-order chi connectivity index (χ1) is 10.3. The third kappa shape index (κ3) is 3.84. The average Bonchev–Trinajstić information content (AvgIpc) is 2.47. The number of rotatable bonds is 5. The fraction of sp³-hybridized carbons (Fsp3) is 0.278. The minimum absolute atomic E-state index is 0.148. The normalized spacial score (nSPS) is 13.0. The third-order valence-electron chi connectivity index (χ3n) is 3.68. The van der Waals surface area contributed by atoms with Crippen molar-refractivity contribution in [2.24, 2.45) is 0 Å². The summed E-state index contributed by atoms with van der Waals surface area (Å²) in [7, 11) is 0. The number of carbonyl (C=O) groups excluding carboxylic acids is 1. The number of halogens is 3. The zero-order chi connectivity index (χ0) is 16.3. The molecule has 0 aromatic heterocycles. The Hall–Kier alpha value is -1.02. The second-order valence-corrected chi connectivity index (χ2v) is 7.39. The molecule has 116 valence electrons. The number of carbonyl (C=O) groups is 1. The lowest BCUT2D eigenvalue weighted by molar-refractivity contribution is 0.0968. The molecule has 0 aliphatic heterocycles. The molecule has 4 heteroatoms. The highest BCUT2D eigenvalue weighted by Crippen LogP contribution is 2.40. The molecule has 0 saturated heterocycles. The van der Waals surface area contributed by atoms with Crippen molar-refractivity contribution in [3.63, 3.8) is 0 Å². The fourth-order valence-corrected chi connectivity index (χ4v) is 3.54. The summed E-state index contributed by atoms with van der Waals surface area (Å²) in [5.74, 6) is -0.312.